The van der Waals surface area contributed by atoms with Crippen molar-refractivity contribution in [2.45, 2.75) is 19.8 Å². The van der Waals surface area contributed by atoms with Crippen LogP contribution in [0, 0.1) is 5.82 Å². The first-order valence-corrected chi connectivity index (χ1v) is 6.37. The van der Waals surface area contributed by atoms with E-state index in [-0.39, 0.29) is 5.46 Å². The Morgan fingerprint density at radius 1 is 1.05 bits per heavy atom. The van der Waals surface area contributed by atoms with Gasteiger partial charge in [0.2, 0.25) is 0 Å². The zero-order valence-corrected chi connectivity index (χ0v) is 10.8. The molecule has 0 aliphatic rings. The van der Waals surface area contributed by atoms with Crippen molar-refractivity contribution in [2.75, 3.05) is 0 Å². The van der Waals surface area contributed by atoms with Crippen LogP contribution in [0.3, 0.4) is 0 Å². The van der Waals surface area contributed by atoms with Crippen LogP contribution >= 0.6 is 0 Å². The number of benzene rings is 2. The van der Waals surface area contributed by atoms with Gasteiger partial charge in [0.25, 0.3) is 0 Å². The predicted molar refractivity (Wildman–Crippen MR) is 75.7 cm³/mol. The number of rotatable bonds is 4. The molecule has 0 fully saturated rings. The molecular weight excluding hydrogens is 242 g/mol. The second kappa shape index (κ2) is 6.00. The summed E-state index contributed by atoms with van der Waals surface area (Å²) in [6.45, 7) is 2.11. The highest BCUT2D eigenvalue weighted by molar-refractivity contribution is 6.58. The van der Waals surface area contributed by atoms with Gasteiger partial charge >= 0.3 is 7.12 Å². The summed E-state index contributed by atoms with van der Waals surface area (Å²) in [4.78, 5) is 0. The van der Waals surface area contributed by atoms with Crippen LogP contribution < -0.4 is 5.46 Å². The maximum absolute atomic E-state index is 14.1. The van der Waals surface area contributed by atoms with Gasteiger partial charge in [-0.3, -0.25) is 0 Å². The lowest BCUT2D eigenvalue weighted by atomic mass is 9.78. The van der Waals surface area contributed by atoms with E-state index >= 15 is 0 Å². The first kappa shape index (κ1) is 13.8. The second-order valence-corrected chi connectivity index (χ2v) is 4.53. The molecule has 2 nitrogen and oxygen atoms in total. The van der Waals surface area contributed by atoms with Gasteiger partial charge in [0.15, 0.2) is 0 Å². The van der Waals surface area contributed by atoms with Crippen LogP contribution in [0.5, 0.6) is 0 Å². The van der Waals surface area contributed by atoms with Crippen molar-refractivity contribution < 1.29 is 14.4 Å². The summed E-state index contributed by atoms with van der Waals surface area (Å²) in [5, 5.41) is 18.2. The van der Waals surface area contributed by atoms with Gasteiger partial charge in [-0.25, -0.2) is 4.39 Å². The highest BCUT2D eigenvalue weighted by Crippen LogP contribution is 2.22. The van der Waals surface area contributed by atoms with Crippen molar-refractivity contribution in [2.24, 2.45) is 0 Å². The monoisotopic (exact) mass is 258 g/mol. The van der Waals surface area contributed by atoms with E-state index in [1.54, 1.807) is 12.1 Å². The first-order chi connectivity index (χ1) is 9.13. The van der Waals surface area contributed by atoms with E-state index < -0.39 is 12.9 Å². The van der Waals surface area contributed by atoms with Crippen molar-refractivity contribution in [3.63, 3.8) is 0 Å². The molecule has 0 saturated heterocycles. The van der Waals surface area contributed by atoms with Crippen molar-refractivity contribution in [1.29, 1.82) is 0 Å². The van der Waals surface area contributed by atoms with Gasteiger partial charge in [0, 0.05) is 11.0 Å². The summed E-state index contributed by atoms with van der Waals surface area (Å²) in [5.41, 5.74) is 2.23. The smallest absolute Gasteiger partial charge is 0.423 e. The highest BCUT2D eigenvalue weighted by atomic mass is 19.1. The molecule has 0 aliphatic heterocycles. The summed E-state index contributed by atoms with van der Waals surface area (Å²) in [6.07, 6.45) is 2.07. The van der Waals surface area contributed by atoms with Crippen LogP contribution in [0.1, 0.15) is 18.9 Å². The molecule has 0 spiro atoms. The Hall–Kier alpha value is -1.65. The molecule has 0 radical (unpaired) electrons. The molecular formula is C15H16BFO2. The van der Waals surface area contributed by atoms with Crippen molar-refractivity contribution in [3.05, 3.63) is 53.8 Å². The predicted octanol–water partition coefficient (Wildman–Crippen LogP) is 2.13. The van der Waals surface area contributed by atoms with E-state index in [0.29, 0.717) is 5.56 Å². The fraction of sp³-hybridized carbons (Fsp3) is 0.200. The van der Waals surface area contributed by atoms with E-state index in [2.05, 4.69) is 6.92 Å². The lowest BCUT2D eigenvalue weighted by molar-refractivity contribution is 0.423. The van der Waals surface area contributed by atoms with Gasteiger partial charge in [0.05, 0.1) is 0 Å². The fourth-order valence-corrected chi connectivity index (χ4v) is 2.11. The summed E-state index contributed by atoms with van der Waals surface area (Å²) < 4.78 is 14.1. The molecule has 0 amide bonds. The highest BCUT2D eigenvalue weighted by Gasteiger charge is 2.19. The SMILES string of the molecule is CCCc1ccc(-c2cccc(B(O)O)c2F)cc1. The average Bonchev–Trinajstić information content (AvgIpc) is 2.40. The van der Waals surface area contributed by atoms with Crippen molar-refractivity contribution in [3.8, 4) is 11.1 Å². The van der Waals surface area contributed by atoms with E-state index in [1.165, 1.54) is 11.6 Å². The van der Waals surface area contributed by atoms with Crippen LogP contribution in [-0.4, -0.2) is 17.2 Å². The Kier molecular flexibility index (Phi) is 4.35. The molecule has 0 saturated carbocycles. The molecule has 4 heteroatoms. The molecule has 0 bridgehead atoms. The van der Waals surface area contributed by atoms with E-state index in [4.69, 9.17) is 10.0 Å². The molecule has 0 aliphatic carbocycles. The average molecular weight is 258 g/mol. The zero-order valence-electron chi connectivity index (χ0n) is 10.8. The number of aryl methyl sites for hydroxylation is 1. The van der Waals surface area contributed by atoms with E-state index in [9.17, 15) is 4.39 Å². The minimum absolute atomic E-state index is 0.102. The largest absolute Gasteiger partial charge is 0.491 e. The third kappa shape index (κ3) is 3.03. The minimum Gasteiger partial charge on any atom is -0.423 e. The lowest BCUT2D eigenvalue weighted by Gasteiger charge is -2.08. The number of halogens is 1. The van der Waals surface area contributed by atoms with Gasteiger partial charge in [-0.05, 0) is 17.5 Å². The van der Waals surface area contributed by atoms with Gasteiger partial charge in [-0.15, -0.1) is 0 Å². The fourth-order valence-electron chi connectivity index (χ4n) is 2.11. The Labute approximate surface area is 112 Å². The maximum atomic E-state index is 14.1. The Morgan fingerprint density at radius 2 is 1.74 bits per heavy atom. The van der Waals surface area contributed by atoms with Crippen LogP contribution in [-0.2, 0) is 6.42 Å². The second-order valence-electron chi connectivity index (χ2n) is 4.53. The molecule has 0 aromatic heterocycles. The van der Waals surface area contributed by atoms with Gasteiger partial charge in [-0.1, -0.05) is 55.8 Å². The molecule has 0 heterocycles. The molecule has 2 aromatic carbocycles. The molecule has 0 atom stereocenters. The van der Waals surface area contributed by atoms with E-state index in [1.807, 2.05) is 24.3 Å². The number of hydrogen-bond donors (Lipinski definition) is 2. The standard InChI is InChI=1S/C15H16BFO2/c1-2-4-11-7-9-12(10-8-11)13-5-3-6-14(15(13)17)16(18)19/h3,5-10,18-19H,2,4H2,1H3. The number of hydrogen-bond acceptors (Lipinski definition) is 2. The van der Waals surface area contributed by atoms with Crippen LogP contribution in [0.2, 0.25) is 0 Å². The molecule has 0 unspecified atom stereocenters. The molecule has 2 aromatic rings. The van der Waals surface area contributed by atoms with Crippen LogP contribution in [0.4, 0.5) is 4.39 Å². The minimum atomic E-state index is -1.79. The Balaban J connectivity index is 2.39. The third-order valence-corrected chi connectivity index (χ3v) is 3.11. The van der Waals surface area contributed by atoms with Gasteiger partial charge in [0.1, 0.15) is 5.82 Å². The first-order valence-electron chi connectivity index (χ1n) is 6.37. The van der Waals surface area contributed by atoms with Crippen molar-refractivity contribution in [1.82, 2.24) is 0 Å². The maximum Gasteiger partial charge on any atom is 0.491 e. The molecule has 2 N–H and O–H groups in total. The molecule has 19 heavy (non-hydrogen) atoms. The third-order valence-electron chi connectivity index (χ3n) is 3.11. The quantitative estimate of drug-likeness (QED) is 0.825. The summed E-state index contributed by atoms with van der Waals surface area (Å²) in [7, 11) is -1.79. The summed E-state index contributed by atoms with van der Waals surface area (Å²) >= 11 is 0. The van der Waals surface area contributed by atoms with Crippen LogP contribution in [0.25, 0.3) is 11.1 Å². The normalized spacial score (nSPS) is 10.5. The summed E-state index contributed by atoms with van der Waals surface area (Å²) in [6, 6.07) is 12.3. The van der Waals surface area contributed by atoms with Gasteiger partial charge < -0.3 is 10.0 Å². The lowest BCUT2D eigenvalue weighted by Crippen LogP contribution is -2.32. The molecule has 98 valence electrons. The van der Waals surface area contributed by atoms with Gasteiger partial charge in [-0.2, -0.15) is 0 Å². The van der Waals surface area contributed by atoms with Crippen molar-refractivity contribution >= 4 is 12.6 Å². The summed E-state index contributed by atoms with van der Waals surface area (Å²) in [5.74, 6) is -0.583. The topological polar surface area (TPSA) is 40.5 Å². The van der Waals surface area contributed by atoms with Crippen LogP contribution in [0.15, 0.2) is 42.5 Å². The zero-order chi connectivity index (χ0) is 13.8. The molecule has 2 rings (SSSR count). The Morgan fingerprint density at radius 3 is 2.32 bits per heavy atom. The van der Waals surface area contributed by atoms with E-state index in [0.717, 1.165) is 18.4 Å². The Bertz CT molecular complexity index is 553.